The molecular formula is C8H16N2O. The zero-order chi connectivity index (χ0) is 8.43. The lowest BCUT2D eigenvalue weighted by Crippen LogP contribution is -2.49. The molecule has 3 nitrogen and oxygen atoms in total. The Morgan fingerprint density at radius 2 is 2.27 bits per heavy atom. The zero-order valence-electron chi connectivity index (χ0n) is 7.21. The lowest BCUT2D eigenvalue weighted by Gasteiger charge is -2.33. The number of carbonyl (C=O) groups is 1. The summed E-state index contributed by atoms with van der Waals surface area (Å²) in [5, 5.41) is 0. The van der Waals surface area contributed by atoms with Gasteiger partial charge in [0.2, 0.25) is 5.91 Å². The molecule has 1 aliphatic rings. The monoisotopic (exact) mass is 156 g/mol. The fraction of sp³-hybridized carbons (Fsp3) is 0.875. The lowest BCUT2D eigenvalue weighted by atomic mass is 10.0. The van der Waals surface area contributed by atoms with Crippen molar-refractivity contribution in [3.8, 4) is 0 Å². The van der Waals surface area contributed by atoms with E-state index in [0.29, 0.717) is 12.5 Å². The van der Waals surface area contributed by atoms with Gasteiger partial charge in [-0.15, -0.1) is 0 Å². The third-order valence-electron chi connectivity index (χ3n) is 2.10. The van der Waals surface area contributed by atoms with Crippen molar-refractivity contribution >= 4 is 5.91 Å². The molecule has 0 aromatic heterocycles. The summed E-state index contributed by atoms with van der Waals surface area (Å²) < 4.78 is 0. The maximum atomic E-state index is 11.3. The van der Waals surface area contributed by atoms with Crippen molar-refractivity contribution < 1.29 is 4.79 Å². The van der Waals surface area contributed by atoms with E-state index in [2.05, 4.69) is 0 Å². The van der Waals surface area contributed by atoms with Gasteiger partial charge in [-0.2, -0.15) is 0 Å². The first-order chi connectivity index (χ1) is 5.11. The maximum Gasteiger partial charge on any atom is 0.222 e. The van der Waals surface area contributed by atoms with Crippen LogP contribution in [0, 0.1) is 0 Å². The Morgan fingerprint density at radius 1 is 1.64 bits per heavy atom. The number of nitrogens with two attached hydrogens (primary N) is 1. The van der Waals surface area contributed by atoms with Gasteiger partial charge in [0.1, 0.15) is 0 Å². The molecule has 1 atom stereocenters. The highest BCUT2D eigenvalue weighted by molar-refractivity contribution is 5.77. The molecule has 0 aliphatic carbocycles. The molecule has 0 aromatic carbocycles. The van der Waals surface area contributed by atoms with Crippen LogP contribution in [-0.4, -0.2) is 29.4 Å². The van der Waals surface area contributed by atoms with E-state index >= 15 is 0 Å². The number of nitrogens with zero attached hydrogens (tertiary/aromatic N) is 1. The first kappa shape index (κ1) is 8.53. The molecule has 0 aromatic rings. The van der Waals surface area contributed by atoms with Crippen molar-refractivity contribution in [2.45, 2.75) is 38.8 Å². The van der Waals surface area contributed by atoms with Crippen molar-refractivity contribution in [1.29, 1.82) is 0 Å². The summed E-state index contributed by atoms with van der Waals surface area (Å²) in [5.74, 6) is 0.252. The van der Waals surface area contributed by atoms with Gasteiger partial charge in [-0.05, 0) is 20.3 Å². The number of piperidine rings is 1. The minimum absolute atomic E-state index is 0.190. The molecule has 1 rings (SSSR count). The zero-order valence-corrected chi connectivity index (χ0v) is 7.21. The average molecular weight is 156 g/mol. The van der Waals surface area contributed by atoms with E-state index in [1.165, 1.54) is 0 Å². The summed E-state index contributed by atoms with van der Waals surface area (Å²) in [7, 11) is 0. The number of amides is 1. The maximum absolute atomic E-state index is 11.3. The van der Waals surface area contributed by atoms with Crippen LogP contribution in [0.25, 0.3) is 0 Å². The molecule has 0 bridgehead atoms. The SMILES string of the molecule is CC(C)N1C[C@H](N)CCC1=O. The molecule has 1 heterocycles. The predicted octanol–water partition coefficient (Wildman–Crippen LogP) is 0.344. The molecule has 0 spiro atoms. The highest BCUT2D eigenvalue weighted by Crippen LogP contribution is 2.12. The third-order valence-corrected chi connectivity index (χ3v) is 2.10. The second-order valence-corrected chi connectivity index (χ2v) is 3.44. The van der Waals surface area contributed by atoms with E-state index in [1.54, 1.807) is 0 Å². The van der Waals surface area contributed by atoms with E-state index < -0.39 is 0 Å². The van der Waals surface area contributed by atoms with Gasteiger partial charge in [0.25, 0.3) is 0 Å². The van der Waals surface area contributed by atoms with Gasteiger partial charge in [-0.1, -0.05) is 0 Å². The summed E-state index contributed by atoms with van der Waals surface area (Å²) in [5.41, 5.74) is 5.73. The van der Waals surface area contributed by atoms with Crippen molar-refractivity contribution in [2.75, 3.05) is 6.54 Å². The van der Waals surface area contributed by atoms with E-state index in [4.69, 9.17) is 5.73 Å². The molecule has 1 aliphatic heterocycles. The summed E-state index contributed by atoms with van der Waals surface area (Å²) in [6.07, 6.45) is 1.47. The predicted molar refractivity (Wildman–Crippen MR) is 44.1 cm³/mol. The fourth-order valence-corrected chi connectivity index (χ4v) is 1.40. The number of hydrogen-bond donors (Lipinski definition) is 1. The Hall–Kier alpha value is -0.570. The van der Waals surface area contributed by atoms with Crippen LogP contribution in [0.5, 0.6) is 0 Å². The van der Waals surface area contributed by atoms with E-state index in [-0.39, 0.29) is 11.9 Å². The molecule has 1 amide bonds. The summed E-state index contributed by atoms with van der Waals surface area (Å²) in [6.45, 7) is 4.78. The molecule has 1 fully saturated rings. The van der Waals surface area contributed by atoms with Crippen LogP contribution in [0.3, 0.4) is 0 Å². The second kappa shape index (κ2) is 3.22. The molecule has 0 radical (unpaired) electrons. The van der Waals surface area contributed by atoms with Crippen LogP contribution >= 0.6 is 0 Å². The molecule has 0 unspecified atom stereocenters. The van der Waals surface area contributed by atoms with Gasteiger partial charge in [-0.3, -0.25) is 4.79 Å². The van der Waals surface area contributed by atoms with Crippen LogP contribution in [-0.2, 0) is 4.79 Å². The minimum Gasteiger partial charge on any atom is -0.339 e. The van der Waals surface area contributed by atoms with Crippen LogP contribution in [0.4, 0.5) is 0 Å². The smallest absolute Gasteiger partial charge is 0.222 e. The van der Waals surface area contributed by atoms with Crippen molar-refractivity contribution in [1.82, 2.24) is 4.90 Å². The van der Waals surface area contributed by atoms with Crippen LogP contribution in [0.1, 0.15) is 26.7 Å². The Kier molecular flexibility index (Phi) is 2.49. The van der Waals surface area contributed by atoms with Crippen molar-refractivity contribution in [3.63, 3.8) is 0 Å². The molecule has 0 saturated carbocycles. The Balaban J connectivity index is 2.54. The normalized spacial score (nSPS) is 26.4. The molecular weight excluding hydrogens is 140 g/mol. The van der Waals surface area contributed by atoms with E-state index in [1.807, 2.05) is 18.7 Å². The van der Waals surface area contributed by atoms with Gasteiger partial charge in [0.05, 0.1) is 0 Å². The fourth-order valence-electron chi connectivity index (χ4n) is 1.40. The van der Waals surface area contributed by atoms with Gasteiger partial charge in [-0.25, -0.2) is 0 Å². The Labute approximate surface area is 67.5 Å². The number of likely N-dealkylation sites (tertiary alicyclic amines) is 1. The van der Waals surface area contributed by atoms with Crippen LogP contribution in [0.15, 0.2) is 0 Å². The largest absolute Gasteiger partial charge is 0.339 e. The van der Waals surface area contributed by atoms with Gasteiger partial charge in [0.15, 0.2) is 0 Å². The quantitative estimate of drug-likeness (QED) is 0.595. The van der Waals surface area contributed by atoms with Gasteiger partial charge < -0.3 is 10.6 Å². The highest BCUT2D eigenvalue weighted by atomic mass is 16.2. The van der Waals surface area contributed by atoms with Crippen molar-refractivity contribution in [2.24, 2.45) is 5.73 Å². The molecule has 11 heavy (non-hydrogen) atoms. The van der Waals surface area contributed by atoms with Crippen LogP contribution in [0.2, 0.25) is 0 Å². The summed E-state index contributed by atoms with van der Waals surface area (Å²) in [4.78, 5) is 13.1. The first-order valence-electron chi connectivity index (χ1n) is 4.16. The van der Waals surface area contributed by atoms with E-state index in [0.717, 1.165) is 13.0 Å². The summed E-state index contributed by atoms with van der Waals surface area (Å²) >= 11 is 0. The number of rotatable bonds is 1. The Bertz CT molecular complexity index is 156. The highest BCUT2D eigenvalue weighted by Gasteiger charge is 2.24. The third kappa shape index (κ3) is 1.93. The standard InChI is InChI=1S/C8H16N2O/c1-6(2)10-5-7(9)3-4-8(10)11/h6-7H,3-5,9H2,1-2H3/t7-/m1/s1. The lowest BCUT2D eigenvalue weighted by molar-refractivity contribution is -0.135. The minimum atomic E-state index is 0.190. The second-order valence-electron chi connectivity index (χ2n) is 3.44. The first-order valence-corrected chi connectivity index (χ1v) is 4.16. The molecule has 3 heteroatoms. The number of hydrogen-bond acceptors (Lipinski definition) is 2. The number of carbonyl (C=O) groups excluding carboxylic acids is 1. The molecule has 2 N–H and O–H groups in total. The van der Waals surface area contributed by atoms with Gasteiger partial charge >= 0.3 is 0 Å². The topological polar surface area (TPSA) is 46.3 Å². The van der Waals surface area contributed by atoms with Crippen LogP contribution < -0.4 is 5.73 Å². The average Bonchev–Trinajstić information content (AvgIpc) is 1.94. The van der Waals surface area contributed by atoms with Crippen molar-refractivity contribution in [3.05, 3.63) is 0 Å². The van der Waals surface area contributed by atoms with Gasteiger partial charge in [0, 0.05) is 25.0 Å². The Morgan fingerprint density at radius 3 is 2.73 bits per heavy atom. The van der Waals surface area contributed by atoms with E-state index in [9.17, 15) is 4.79 Å². The molecule has 64 valence electrons. The molecule has 1 saturated heterocycles. The summed E-state index contributed by atoms with van der Waals surface area (Å²) in [6, 6.07) is 0.490.